The summed E-state index contributed by atoms with van der Waals surface area (Å²) >= 11 is 6.28. The fraction of sp³-hybridized carbons (Fsp3) is 0.652. The second-order valence-corrected chi connectivity index (χ2v) is 9.20. The van der Waals surface area contributed by atoms with Crippen LogP contribution in [0.15, 0.2) is 12.3 Å². The second kappa shape index (κ2) is 11.8. The number of halogens is 1. The predicted molar refractivity (Wildman–Crippen MR) is 133 cm³/mol. The van der Waals surface area contributed by atoms with E-state index in [0.717, 1.165) is 25.3 Å². The Morgan fingerprint density at radius 1 is 1.09 bits per heavy atom. The Balaban J connectivity index is 1.43. The Bertz CT molecular complexity index is 994. The van der Waals surface area contributed by atoms with Gasteiger partial charge in [0.25, 0.3) is 0 Å². The van der Waals surface area contributed by atoms with Crippen molar-refractivity contribution in [3.8, 4) is 0 Å². The lowest BCUT2D eigenvalue weighted by atomic mass is 10.1. The van der Waals surface area contributed by atoms with Crippen molar-refractivity contribution in [1.82, 2.24) is 24.9 Å². The molecule has 0 spiro atoms. The molecule has 0 aliphatic carbocycles. The van der Waals surface area contributed by atoms with Crippen molar-refractivity contribution in [2.24, 2.45) is 0 Å². The summed E-state index contributed by atoms with van der Waals surface area (Å²) in [5.74, 6) is 2.51. The SMILES string of the molecule is CCCC(=O)OCCc1nccc(N2[C@H](C)CN(c3nc(Cl)nc(N4CCOCC4)n3)C[C@@H]2C)n1. The molecular weight excluding hydrogens is 472 g/mol. The van der Waals surface area contributed by atoms with Gasteiger partial charge in [-0.1, -0.05) is 6.92 Å². The van der Waals surface area contributed by atoms with Gasteiger partial charge < -0.3 is 24.2 Å². The second-order valence-electron chi connectivity index (χ2n) is 8.87. The van der Waals surface area contributed by atoms with Gasteiger partial charge in [-0.25, -0.2) is 9.97 Å². The van der Waals surface area contributed by atoms with Gasteiger partial charge in [0.2, 0.25) is 17.2 Å². The van der Waals surface area contributed by atoms with Gasteiger partial charge in [0.15, 0.2) is 0 Å². The highest BCUT2D eigenvalue weighted by molar-refractivity contribution is 6.28. The highest BCUT2D eigenvalue weighted by Gasteiger charge is 2.32. The average molecular weight is 505 g/mol. The molecule has 0 radical (unpaired) electrons. The minimum absolute atomic E-state index is 0.145. The molecule has 0 N–H and O–H groups in total. The molecule has 12 heteroatoms. The quantitative estimate of drug-likeness (QED) is 0.493. The molecule has 2 atom stereocenters. The molecule has 0 bridgehead atoms. The van der Waals surface area contributed by atoms with Crippen LogP contribution in [0.25, 0.3) is 0 Å². The van der Waals surface area contributed by atoms with E-state index in [0.29, 0.717) is 56.9 Å². The highest BCUT2D eigenvalue weighted by Crippen LogP contribution is 2.26. The first kappa shape index (κ1) is 25.3. The van der Waals surface area contributed by atoms with Crippen LogP contribution in [0.3, 0.4) is 0 Å². The molecule has 11 nitrogen and oxygen atoms in total. The Hall–Kier alpha value is -2.79. The van der Waals surface area contributed by atoms with E-state index in [1.54, 1.807) is 6.20 Å². The summed E-state index contributed by atoms with van der Waals surface area (Å²) in [5.41, 5.74) is 0. The summed E-state index contributed by atoms with van der Waals surface area (Å²) in [4.78, 5) is 40.7. The fourth-order valence-corrected chi connectivity index (χ4v) is 4.65. The van der Waals surface area contributed by atoms with Gasteiger partial charge in [0, 0.05) is 57.3 Å². The Labute approximate surface area is 210 Å². The molecule has 2 aliphatic rings. The lowest BCUT2D eigenvalue weighted by Gasteiger charge is -2.45. The minimum Gasteiger partial charge on any atom is -0.465 e. The average Bonchev–Trinajstić information content (AvgIpc) is 2.84. The van der Waals surface area contributed by atoms with E-state index in [-0.39, 0.29) is 29.9 Å². The van der Waals surface area contributed by atoms with Gasteiger partial charge in [0.1, 0.15) is 11.6 Å². The highest BCUT2D eigenvalue weighted by atomic mass is 35.5. The van der Waals surface area contributed by atoms with E-state index in [9.17, 15) is 4.79 Å². The summed E-state index contributed by atoms with van der Waals surface area (Å²) in [6, 6.07) is 2.21. The maximum Gasteiger partial charge on any atom is 0.305 e. The normalized spacial score (nSPS) is 20.7. The molecule has 0 aromatic carbocycles. The van der Waals surface area contributed by atoms with Crippen molar-refractivity contribution in [2.45, 2.75) is 52.1 Å². The van der Waals surface area contributed by atoms with E-state index in [4.69, 9.17) is 31.0 Å². The van der Waals surface area contributed by atoms with Crippen molar-refractivity contribution in [2.75, 3.05) is 60.7 Å². The standard InChI is InChI=1S/C23H33ClN8O3/c1-4-5-20(33)35-11-7-18-25-8-6-19(26-18)32-16(2)14-31(15-17(32)3)23-28-21(24)27-22(29-23)30-9-12-34-13-10-30/h6,8,16-17H,4-5,7,9-15H2,1-3H3/t16-,17+. The molecule has 190 valence electrons. The molecule has 2 aromatic heterocycles. The molecule has 0 amide bonds. The smallest absolute Gasteiger partial charge is 0.305 e. The minimum atomic E-state index is -0.183. The third kappa shape index (κ3) is 6.46. The van der Waals surface area contributed by atoms with Gasteiger partial charge >= 0.3 is 5.97 Å². The molecule has 0 saturated carbocycles. The van der Waals surface area contributed by atoms with E-state index in [1.165, 1.54) is 0 Å². The van der Waals surface area contributed by atoms with Gasteiger partial charge in [-0.15, -0.1) is 0 Å². The number of aromatic nitrogens is 5. The van der Waals surface area contributed by atoms with Crippen LogP contribution in [0.2, 0.25) is 5.28 Å². The van der Waals surface area contributed by atoms with Crippen molar-refractivity contribution in [3.05, 3.63) is 23.4 Å². The fourth-order valence-electron chi connectivity index (χ4n) is 4.50. The Morgan fingerprint density at radius 2 is 1.77 bits per heavy atom. The summed E-state index contributed by atoms with van der Waals surface area (Å²) in [7, 11) is 0. The third-order valence-electron chi connectivity index (χ3n) is 6.08. The molecule has 2 aromatic rings. The molecule has 35 heavy (non-hydrogen) atoms. The van der Waals surface area contributed by atoms with Crippen molar-refractivity contribution >= 4 is 35.3 Å². The van der Waals surface area contributed by atoms with Crippen LogP contribution < -0.4 is 14.7 Å². The van der Waals surface area contributed by atoms with E-state index >= 15 is 0 Å². The maximum atomic E-state index is 11.6. The van der Waals surface area contributed by atoms with Crippen LogP contribution in [-0.4, -0.2) is 89.0 Å². The lowest BCUT2D eigenvalue weighted by molar-refractivity contribution is -0.143. The molecule has 2 saturated heterocycles. The largest absolute Gasteiger partial charge is 0.465 e. The maximum absolute atomic E-state index is 11.6. The third-order valence-corrected chi connectivity index (χ3v) is 6.25. The van der Waals surface area contributed by atoms with Crippen LogP contribution >= 0.6 is 11.6 Å². The molecule has 0 unspecified atom stereocenters. The number of rotatable bonds is 8. The first-order chi connectivity index (χ1) is 16.9. The summed E-state index contributed by atoms with van der Waals surface area (Å²) < 4.78 is 10.7. The number of carbonyl (C=O) groups is 1. The van der Waals surface area contributed by atoms with Gasteiger partial charge in [-0.3, -0.25) is 4.79 Å². The number of hydrogen-bond acceptors (Lipinski definition) is 11. The molecule has 2 fully saturated rings. The molecular formula is C23H33ClN8O3. The summed E-state index contributed by atoms with van der Waals surface area (Å²) in [6.45, 7) is 10.7. The molecule has 2 aliphatic heterocycles. The number of ether oxygens (including phenoxy) is 2. The lowest BCUT2D eigenvalue weighted by Crippen LogP contribution is -2.57. The van der Waals surface area contributed by atoms with Gasteiger partial charge in [-0.05, 0) is 37.9 Å². The van der Waals surface area contributed by atoms with E-state index < -0.39 is 0 Å². The van der Waals surface area contributed by atoms with Crippen molar-refractivity contribution in [1.29, 1.82) is 0 Å². The van der Waals surface area contributed by atoms with E-state index in [2.05, 4.69) is 43.5 Å². The van der Waals surface area contributed by atoms with Crippen LogP contribution in [-0.2, 0) is 20.7 Å². The first-order valence-electron chi connectivity index (χ1n) is 12.2. The van der Waals surface area contributed by atoms with Crippen molar-refractivity contribution in [3.63, 3.8) is 0 Å². The van der Waals surface area contributed by atoms with Crippen LogP contribution in [0.4, 0.5) is 17.7 Å². The number of hydrogen-bond donors (Lipinski definition) is 0. The number of anilines is 3. The zero-order valence-corrected chi connectivity index (χ0v) is 21.3. The molecule has 4 heterocycles. The van der Waals surface area contributed by atoms with Crippen LogP contribution in [0.5, 0.6) is 0 Å². The Morgan fingerprint density at radius 3 is 2.46 bits per heavy atom. The monoisotopic (exact) mass is 504 g/mol. The van der Waals surface area contributed by atoms with Crippen LogP contribution in [0, 0.1) is 0 Å². The number of carbonyl (C=O) groups excluding carboxylic acids is 1. The van der Waals surface area contributed by atoms with Crippen LogP contribution in [0.1, 0.15) is 39.4 Å². The first-order valence-corrected chi connectivity index (χ1v) is 12.6. The van der Waals surface area contributed by atoms with Gasteiger partial charge in [-0.2, -0.15) is 15.0 Å². The zero-order chi connectivity index (χ0) is 24.8. The topological polar surface area (TPSA) is 110 Å². The number of nitrogens with zero attached hydrogens (tertiary/aromatic N) is 8. The molecule has 4 rings (SSSR count). The Kier molecular flexibility index (Phi) is 8.50. The van der Waals surface area contributed by atoms with E-state index in [1.807, 2.05) is 13.0 Å². The number of piperazine rings is 1. The zero-order valence-electron chi connectivity index (χ0n) is 20.6. The number of esters is 1. The van der Waals surface area contributed by atoms with Crippen molar-refractivity contribution < 1.29 is 14.3 Å². The van der Waals surface area contributed by atoms with Gasteiger partial charge in [0.05, 0.1) is 19.8 Å². The number of morpholine rings is 1. The summed E-state index contributed by atoms with van der Waals surface area (Å²) in [6.07, 6.45) is 3.45. The predicted octanol–water partition coefficient (Wildman–Crippen LogP) is 2.14. The summed E-state index contributed by atoms with van der Waals surface area (Å²) in [5, 5.41) is 0.194.